The van der Waals surface area contributed by atoms with Gasteiger partial charge in [-0.15, -0.1) is 0 Å². The molecular formula is C10H20N2O2. The van der Waals surface area contributed by atoms with Crippen LogP contribution >= 0.6 is 0 Å². The lowest BCUT2D eigenvalue weighted by Crippen LogP contribution is -2.54. The largest absolute Gasteiger partial charge is 0.480 e. The van der Waals surface area contributed by atoms with Crippen LogP contribution in [0.1, 0.15) is 33.6 Å². The summed E-state index contributed by atoms with van der Waals surface area (Å²) >= 11 is 0. The van der Waals surface area contributed by atoms with Crippen molar-refractivity contribution < 1.29 is 9.90 Å². The fourth-order valence-electron chi connectivity index (χ4n) is 2.28. The number of aliphatic carboxylic acids is 1. The molecule has 0 bridgehead atoms. The second-order valence-corrected chi connectivity index (χ2v) is 4.71. The molecule has 4 nitrogen and oxygen atoms in total. The lowest BCUT2D eigenvalue weighted by atomic mass is 9.99. The average Bonchev–Trinajstić information content (AvgIpc) is 2.42. The molecule has 0 amide bonds. The van der Waals surface area contributed by atoms with Crippen LogP contribution in [0.25, 0.3) is 0 Å². The number of hydrogen-bond acceptors (Lipinski definition) is 3. The predicted octanol–water partition coefficient (Wildman–Crippen LogP) is 0.661. The topological polar surface area (TPSA) is 66.6 Å². The highest BCUT2D eigenvalue weighted by atomic mass is 16.4. The van der Waals surface area contributed by atoms with Gasteiger partial charge >= 0.3 is 5.97 Å². The molecule has 14 heavy (non-hydrogen) atoms. The minimum Gasteiger partial charge on any atom is -0.480 e. The molecule has 0 aliphatic carbocycles. The van der Waals surface area contributed by atoms with E-state index in [-0.39, 0.29) is 11.6 Å². The smallest absolute Gasteiger partial charge is 0.322 e. The van der Waals surface area contributed by atoms with E-state index in [1.54, 1.807) is 0 Å². The molecule has 3 N–H and O–H groups in total. The molecule has 0 radical (unpaired) electrons. The molecule has 4 heteroatoms. The monoisotopic (exact) mass is 200 g/mol. The van der Waals surface area contributed by atoms with Crippen molar-refractivity contribution in [2.24, 2.45) is 5.73 Å². The first-order valence-corrected chi connectivity index (χ1v) is 5.11. The first-order valence-electron chi connectivity index (χ1n) is 5.11. The van der Waals surface area contributed by atoms with E-state index in [0.717, 1.165) is 19.4 Å². The lowest BCUT2D eigenvalue weighted by Gasteiger charge is -2.38. The predicted molar refractivity (Wildman–Crippen MR) is 55.1 cm³/mol. The fraction of sp³-hybridized carbons (Fsp3) is 0.900. The number of nitrogens with zero attached hydrogens (tertiary/aromatic N) is 1. The summed E-state index contributed by atoms with van der Waals surface area (Å²) in [6.07, 6.45) is 2.24. The molecule has 2 atom stereocenters. The van der Waals surface area contributed by atoms with Gasteiger partial charge in [-0.3, -0.25) is 9.69 Å². The third kappa shape index (κ3) is 2.07. The highest BCUT2D eigenvalue weighted by molar-refractivity contribution is 5.74. The average molecular weight is 200 g/mol. The van der Waals surface area contributed by atoms with Crippen LogP contribution in [-0.4, -0.2) is 40.1 Å². The Bertz CT molecular complexity index is 228. The highest BCUT2D eigenvalue weighted by Crippen LogP contribution is 2.30. The maximum Gasteiger partial charge on any atom is 0.322 e. The van der Waals surface area contributed by atoms with Crippen molar-refractivity contribution in [3.63, 3.8) is 0 Å². The van der Waals surface area contributed by atoms with Crippen LogP contribution < -0.4 is 5.73 Å². The Morgan fingerprint density at radius 3 is 2.50 bits per heavy atom. The van der Waals surface area contributed by atoms with Crippen molar-refractivity contribution >= 4 is 5.97 Å². The Balaban J connectivity index is 2.69. The zero-order valence-corrected chi connectivity index (χ0v) is 9.16. The zero-order valence-electron chi connectivity index (χ0n) is 9.16. The Morgan fingerprint density at radius 1 is 1.57 bits per heavy atom. The van der Waals surface area contributed by atoms with Gasteiger partial charge in [0.25, 0.3) is 0 Å². The van der Waals surface area contributed by atoms with E-state index in [4.69, 9.17) is 10.8 Å². The number of carboxylic acid groups (broad SMARTS) is 1. The third-order valence-electron chi connectivity index (χ3n) is 3.26. The van der Waals surface area contributed by atoms with Crippen molar-refractivity contribution in [1.82, 2.24) is 4.90 Å². The molecule has 1 rings (SSSR count). The summed E-state index contributed by atoms with van der Waals surface area (Å²) in [5, 5.41) is 8.83. The summed E-state index contributed by atoms with van der Waals surface area (Å²) in [5.41, 5.74) is 5.71. The lowest BCUT2D eigenvalue weighted by molar-refractivity contribution is -0.140. The van der Waals surface area contributed by atoms with Crippen molar-refractivity contribution in [2.75, 3.05) is 6.54 Å². The van der Waals surface area contributed by atoms with Gasteiger partial charge in [0.1, 0.15) is 6.04 Å². The van der Waals surface area contributed by atoms with Gasteiger partial charge in [0.2, 0.25) is 0 Å². The van der Waals surface area contributed by atoms with Gasteiger partial charge in [0.05, 0.1) is 0 Å². The Hall–Kier alpha value is -0.610. The van der Waals surface area contributed by atoms with Gasteiger partial charge in [-0.05, 0) is 40.2 Å². The SMILES string of the molecule is CC(C(N)C(=O)O)N1CCCC1(C)C. The van der Waals surface area contributed by atoms with E-state index in [1.165, 1.54) is 0 Å². The van der Waals surface area contributed by atoms with Crippen LogP contribution in [0.15, 0.2) is 0 Å². The summed E-state index contributed by atoms with van der Waals surface area (Å²) in [4.78, 5) is 13.0. The molecule has 1 heterocycles. The molecule has 0 saturated carbocycles. The van der Waals surface area contributed by atoms with E-state index in [9.17, 15) is 4.79 Å². The third-order valence-corrected chi connectivity index (χ3v) is 3.26. The van der Waals surface area contributed by atoms with Crippen molar-refractivity contribution in [3.05, 3.63) is 0 Å². The van der Waals surface area contributed by atoms with Crippen LogP contribution in [0.4, 0.5) is 0 Å². The minimum atomic E-state index is -0.916. The van der Waals surface area contributed by atoms with E-state index < -0.39 is 12.0 Å². The standard InChI is InChI=1S/C10H20N2O2/c1-7(8(11)9(13)14)12-6-4-5-10(12,2)3/h7-8H,4-6,11H2,1-3H3,(H,13,14). The molecule has 0 aromatic carbocycles. The molecule has 0 aromatic heterocycles. The molecule has 2 unspecified atom stereocenters. The van der Waals surface area contributed by atoms with Crippen LogP contribution in [0.5, 0.6) is 0 Å². The van der Waals surface area contributed by atoms with E-state index in [0.29, 0.717) is 0 Å². The molecule has 1 saturated heterocycles. The summed E-state index contributed by atoms with van der Waals surface area (Å²) in [6.45, 7) is 7.14. The summed E-state index contributed by atoms with van der Waals surface area (Å²) in [6, 6.07) is -0.877. The Kier molecular flexibility index (Phi) is 3.17. The number of hydrogen-bond donors (Lipinski definition) is 2. The van der Waals surface area contributed by atoms with E-state index >= 15 is 0 Å². The van der Waals surface area contributed by atoms with Gasteiger partial charge in [-0.1, -0.05) is 0 Å². The summed E-state index contributed by atoms with van der Waals surface area (Å²) in [5.74, 6) is -0.916. The van der Waals surface area contributed by atoms with Crippen molar-refractivity contribution in [1.29, 1.82) is 0 Å². The van der Waals surface area contributed by atoms with Crippen LogP contribution in [0, 0.1) is 0 Å². The van der Waals surface area contributed by atoms with Crippen LogP contribution in [0.3, 0.4) is 0 Å². The van der Waals surface area contributed by atoms with Gasteiger partial charge in [0.15, 0.2) is 0 Å². The second-order valence-electron chi connectivity index (χ2n) is 4.71. The van der Waals surface area contributed by atoms with Crippen LogP contribution in [-0.2, 0) is 4.79 Å². The maximum absolute atomic E-state index is 10.8. The summed E-state index contributed by atoms with van der Waals surface area (Å²) < 4.78 is 0. The van der Waals surface area contributed by atoms with Gasteiger partial charge < -0.3 is 10.8 Å². The quantitative estimate of drug-likeness (QED) is 0.702. The van der Waals surface area contributed by atoms with Crippen LogP contribution in [0.2, 0.25) is 0 Å². The normalized spacial score (nSPS) is 26.0. The molecule has 0 aromatic rings. The van der Waals surface area contributed by atoms with Gasteiger partial charge in [0, 0.05) is 11.6 Å². The molecule has 0 spiro atoms. The van der Waals surface area contributed by atoms with Crippen molar-refractivity contribution in [3.8, 4) is 0 Å². The number of carbonyl (C=O) groups is 1. The first-order chi connectivity index (χ1) is 6.36. The second kappa shape index (κ2) is 3.87. The number of carboxylic acids is 1. The van der Waals surface area contributed by atoms with E-state index in [1.807, 2.05) is 6.92 Å². The summed E-state index contributed by atoms with van der Waals surface area (Å²) in [7, 11) is 0. The number of rotatable bonds is 3. The Labute approximate surface area is 85.1 Å². The fourth-order valence-corrected chi connectivity index (χ4v) is 2.28. The van der Waals surface area contributed by atoms with Crippen molar-refractivity contribution in [2.45, 2.75) is 51.2 Å². The molecule has 1 aliphatic rings. The minimum absolute atomic E-state index is 0.0898. The number of likely N-dealkylation sites (tertiary alicyclic amines) is 1. The van der Waals surface area contributed by atoms with Gasteiger partial charge in [-0.2, -0.15) is 0 Å². The molecule has 1 fully saturated rings. The Morgan fingerprint density at radius 2 is 2.14 bits per heavy atom. The zero-order chi connectivity index (χ0) is 10.9. The van der Waals surface area contributed by atoms with E-state index in [2.05, 4.69) is 18.7 Å². The highest BCUT2D eigenvalue weighted by Gasteiger charge is 2.38. The molecule has 82 valence electrons. The molecular weight excluding hydrogens is 180 g/mol. The number of nitrogens with two attached hydrogens (primary N) is 1. The first kappa shape index (κ1) is 11.5. The maximum atomic E-state index is 10.8. The van der Waals surface area contributed by atoms with Gasteiger partial charge in [-0.25, -0.2) is 0 Å². The molecule has 1 aliphatic heterocycles.